The number of hydrogen-bond donors (Lipinski definition) is 0. The second-order valence-corrected chi connectivity index (χ2v) is 6.85. The molecule has 7 nitrogen and oxygen atoms in total. The van der Waals surface area contributed by atoms with Crippen LogP contribution in [0.25, 0.3) is 0 Å². The first-order chi connectivity index (χ1) is 12.6. The molecule has 0 spiro atoms. The molecule has 0 N–H and O–H groups in total. The predicted octanol–water partition coefficient (Wildman–Crippen LogP) is 3.10. The quantitative estimate of drug-likeness (QED) is 0.543. The van der Waals surface area contributed by atoms with Crippen molar-refractivity contribution in [2.75, 3.05) is 25.4 Å². The van der Waals surface area contributed by atoms with Gasteiger partial charge in [-0.3, -0.25) is 4.79 Å². The fraction of sp³-hybridized carbons (Fsp3) is 0.389. The maximum absolute atomic E-state index is 12.3. The third kappa shape index (κ3) is 4.37. The van der Waals surface area contributed by atoms with Crippen LogP contribution in [-0.4, -0.2) is 46.5 Å². The van der Waals surface area contributed by atoms with Crippen molar-refractivity contribution in [1.29, 1.82) is 0 Å². The lowest BCUT2D eigenvalue weighted by Crippen LogP contribution is -2.33. The molecule has 0 bridgehead atoms. The van der Waals surface area contributed by atoms with Crippen LogP contribution in [0, 0.1) is 0 Å². The second kappa shape index (κ2) is 8.27. The third-order valence-electron chi connectivity index (χ3n) is 3.72. The Morgan fingerprint density at radius 2 is 2.12 bits per heavy atom. The van der Waals surface area contributed by atoms with Crippen LogP contribution in [0.2, 0.25) is 0 Å². The van der Waals surface area contributed by atoms with Crippen LogP contribution in [0.5, 0.6) is 11.5 Å². The Kier molecular flexibility index (Phi) is 5.82. The number of para-hydroxylation sites is 2. The summed E-state index contributed by atoms with van der Waals surface area (Å²) in [5.74, 6) is 1.91. The van der Waals surface area contributed by atoms with E-state index in [1.54, 1.807) is 4.90 Å². The predicted molar refractivity (Wildman–Crippen MR) is 97.4 cm³/mol. The highest BCUT2D eigenvalue weighted by Crippen LogP contribution is 2.35. The van der Waals surface area contributed by atoms with Gasteiger partial charge in [0.05, 0.1) is 5.75 Å². The summed E-state index contributed by atoms with van der Waals surface area (Å²) in [6, 6.07) is 7.42. The van der Waals surface area contributed by atoms with Crippen molar-refractivity contribution in [3.05, 3.63) is 42.3 Å². The van der Waals surface area contributed by atoms with E-state index in [9.17, 15) is 4.79 Å². The standard InChI is InChI=1S/C18H21N3O4S/c1-4-21(9-12(2)3)16(22)11-26-18-20-19-17(25-18)15-10-23-13-7-5-6-8-14(13)24-15/h5-8,15H,2,4,9-11H2,1,3H3/t15-/m0/s1. The van der Waals surface area contributed by atoms with E-state index in [0.717, 1.165) is 5.57 Å². The van der Waals surface area contributed by atoms with Crippen molar-refractivity contribution in [2.24, 2.45) is 0 Å². The Morgan fingerprint density at radius 1 is 1.35 bits per heavy atom. The molecule has 1 atom stereocenters. The Balaban J connectivity index is 1.57. The van der Waals surface area contributed by atoms with Crippen molar-refractivity contribution < 1.29 is 18.7 Å². The highest BCUT2D eigenvalue weighted by atomic mass is 32.2. The molecular weight excluding hydrogens is 354 g/mol. The highest BCUT2D eigenvalue weighted by Gasteiger charge is 2.27. The van der Waals surface area contributed by atoms with Gasteiger partial charge in [-0.05, 0) is 26.0 Å². The molecule has 138 valence electrons. The smallest absolute Gasteiger partial charge is 0.277 e. The van der Waals surface area contributed by atoms with E-state index in [4.69, 9.17) is 13.9 Å². The van der Waals surface area contributed by atoms with Gasteiger partial charge < -0.3 is 18.8 Å². The number of aromatic nitrogens is 2. The number of carbonyl (C=O) groups excluding carboxylic acids is 1. The second-order valence-electron chi connectivity index (χ2n) is 5.92. The van der Waals surface area contributed by atoms with Crippen molar-refractivity contribution >= 4 is 17.7 Å². The van der Waals surface area contributed by atoms with Crippen LogP contribution in [0.4, 0.5) is 0 Å². The number of hydrogen-bond acceptors (Lipinski definition) is 7. The van der Waals surface area contributed by atoms with Gasteiger partial charge in [0.1, 0.15) is 6.61 Å². The molecule has 2 heterocycles. The molecule has 0 aliphatic carbocycles. The lowest BCUT2D eigenvalue weighted by atomic mass is 10.2. The lowest BCUT2D eigenvalue weighted by molar-refractivity contribution is -0.127. The van der Waals surface area contributed by atoms with E-state index in [0.29, 0.717) is 42.3 Å². The lowest BCUT2D eigenvalue weighted by Gasteiger charge is -2.23. The van der Waals surface area contributed by atoms with Gasteiger partial charge in [0, 0.05) is 13.1 Å². The highest BCUT2D eigenvalue weighted by molar-refractivity contribution is 7.99. The number of fused-ring (bicyclic) bond motifs is 1. The van der Waals surface area contributed by atoms with Crippen molar-refractivity contribution in [1.82, 2.24) is 15.1 Å². The van der Waals surface area contributed by atoms with Crippen molar-refractivity contribution in [3.63, 3.8) is 0 Å². The molecule has 1 aliphatic heterocycles. The van der Waals surface area contributed by atoms with Gasteiger partial charge in [-0.1, -0.05) is 36.0 Å². The number of amides is 1. The molecule has 0 saturated carbocycles. The SMILES string of the molecule is C=C(C)CN(CC)C(=O)CSc1nnc([C@@H]2COc3ccccc3O2)o1. The summed E-state index contributed by atoms with van der Waals surface area (Å²) >= 11 is 1.21. The molecule has 2 aromatic rings. The van der Waals surface area contributed by atoms with Crippen LogP contribution in [0.3, 0.4) is 0 Å². The number of ether oxygens (including phenoxy) is 2. The molecule has 1 aliphatic rings. The van der Waals surface area contributed by atoms with Crippen LogP contribution in [0.1, 0.15) is 25.8 Å². The van der Waals surface area contributed by atoms with Gasteiger partial charge in [0.2, 0.25) is 12.0 Å². The van der Waals surface area contributed by atoms with Crippen molar-refractivity contribution in [2.45, 2.75) is 25.2 Å². The Bertz CT molecular complexity index is 792. The fourth-order valence-corrected chi connectivity index (χ4v) is 3.14. The molecule has 1 aromatic heterocycles. The Morgan fingerprint density at radius 3 is 2.85 bits per heavy atom. The zero-order valence-electron chi connectivity index (χ0n) is 14.8. The van der Waals surface area contributed by atoms with Gasteiger partial charge >= 0.3 is 0 Å². The minimum atomic E-state index is -0.460. The minimum Gasteiger partial charge on any atom is -0.485 e. The molecule has 0 fully saturated rings. The molecule has 1 aromatic carbocycles. The largest absolute Gasteiger partial charge is 0.485 e. The van der Waals surface area contributed by atoms with E-state index in [2.05, 4.69) is 16.8 Å². The van der Waals surface area contributed by atoms with Gasteiger partial charge in [0.15, 0.2) is 11.5 Å². The zero-order valence-corrected chi connectivity index (χ0v) is 15.6. The molecule has 0 radical (unpaired) electrons. The van der Waals surface area contributed by atoms with E-state index >= 15 is 0 Å². The number of benzene rings is 1. The summed E-state index contributed by atoms with van der Waals surface area (Å²) in [5, 5.41) is 8.35. The third-order valence-corrected chi connectivity index (χ3v) is 4.52. The first-order valence-electron chi connectivity index (χ1n) is 8.33. The van der Waals surface area contributed by atoms with Gasteiger partial charge in [-0.2, -0.15) is 0 Å². The topological polar surface area (TPSA) is 77.7 Å². The van der Waals surface area contributed by atoms with Crippen LogP contribution < -0.4 is 9.47 Å². The molecule has 8 heteroatoms. The van der Waals surface area contributed by atoms with Gasteiger partial charge in [0.25, 0.3) is 11.1 Å². The molecule has 3 rings (SSSR count). The molecule has 0 unspecified atom stereocenters. The maximum atomic E-state index is 12.3. The average Bonchev–Trinajstić information content (AvgIpc) is 3.12. The normalized spacial score (nSPS) is 15.5. The summed E-state index contributed by atoms with van der Waals surface area (Å²) < 4.78 is 17.1. The number of carbonyl (C=O) groups is 1. The first-order valence-corrected chi connectivity index (χ1v) is 9.32. The zero-order chi connectivity index (χ0) is 18.5. The van der Waals surface area contributed by atoms with Crippen molar-refractivity contribution in [3.8, 4) is 11.5 Å². The Hall–Kier alpha value is -2.48. The van der Waals surface area contributed by atoms with Crippen LogP contribution >= 0.6 is 11.8 Å². The molecular formula is C18H21N3O4S. The number of rotatable bonds is 7. The number of nitrogens with zero attached hydrogens (tertiary/aromatic N) is 3. The van der Waals surface area contributed by atoms with E-state index in [1.165, 1.54) is 11.8 Å². The van der Waals surface area contributed by atoms with Gasteiger partial charge in [-0.25, -0.2) is 0 Å². The molecule has 0 saturated heterocycles. The van der Waals surface area contributed by atoms with E-state index in [1.807, 2.05) is 38.1 Å². The number of thioether (sulfide) groups is 1. The molecule has 1 amide bonds. The van der Waals surface area contributed by atoms with Gasteiger partial charge in [-0.15, -0.1) is 10.2 Å². The maximum Gasteiger partial charge on any atom is 0.277 e. The summed E-state index contributed by atoms with van der Waals surface area (Å²) in [5.41, 5.74) is 0.944. The Labute approximate surface area is 156 Å². The van der Waals surface area contributed by atoms with E-state index in [-0.39, 0.29) is 11.7 Å². The summed E-state index contributed by atoms with van der Waals surface area (Å²) in [6.45, 7) is 9.17. The number of likely N-dealkylation sites (N-methyl/N-ethyl adjacent to an activating group) is 1. The average molecular weight is 375 g/mol. The minimum absolute atomic E-state index is 0.00595. The van der Waals surface area contributed by atoms with Crippen LogP contribution in [-0.2, 0) is 4.79 Å². The monoisotopic (exact) mass is 375 g/mol. The fourth-order valence-electron chi connectivity index (χ4n) is 2.47. The molecule has 26 heavy (non-hydrogen) atoms. The summed E-state index contributed by atoms with van der Waals surface area (Å²) in [7, 11) is 0. The first kappa shape index (κ1) is 18.3. The van der Waals surface area contributed by atoms with Crippen LogP contribution in [0.15, 0.2) is 46.1 Å². The summed E-state index contributed by atoms with van der Waals surface area (Å²) in [6.07, 6.45) is -0.460. The van der Waals surface area contributed by atoms with E-state index < -0.39 is 6.10 Å². The summed E-state index contributed by atoms with van der Waals surface area (Å²) in [4.78, 5) is 14.0.